The molecule has 0 saturated heterocycles. The highest BCUT2D eigenvalue weighted by Crippen LogP contribution is 2.35. The zero-order chi connectivity index (χ0) is 17.6. The van der Waals surface area contributed by atoms with Crippen LogP contribution in [0.4, 0.5) is 0 Å². The van der Waals surface area contributed by atoms with Crippen molar-refractivity contribution in [2.75, 3.05) is 6.61 Å². The molecule has 126 valence electrons. The summed E-state index contributed by atoms with van der Waals surface area (Å²) in [6.07, 6.45) is 0. The summed E-state index contributed by atoms with van der Waals surface area (Å²) in [4.78, 5) is 4.82. The molecule has 2 heteroatoms. The first-order chi connectivity index (χ1) is 11.9. The van der Waals surface area contributed by atoms with E-state index in [2.05, 4.69) is 82.3 Å². The van der Waals surface area contributed by atoms with Crippen molar-refractivity contribution in [3.05, 3.63) is 71.3 Å². The lowest BCUT2D eigenvalue weighted by atomic mass is 9.91. The van der Waals surface area contributed by atoms with Crippen molar-refractivity contribution < 1.29 is 4.74 Å². The number of aryl methyl sites for hydroxylation is 2. The van der Waals surface area contributed by atoms with Gasteiger partial charge in [0.1, 0.15) is 6.61 Å². The molecule has 0 N–H and O–H groups in total. The molecule has 1 aliphatic heterocycles. The molecule has 0 aromatic heterocycles. The standard InChI is InChI=1S/C23H23NO/c1-15-11-16(2)13-18(12-15)21-19-8-6-5-7-17(19)9-10-20(21)22-24-23(3,4)14-25-22/h5-13H,14H2,1-4H3. The van der Waals surface area contributed by atoms with Crippen LogP contribution in [0.15, 0.2) is 59.6 Å². The van der Waals surface area contributed by atoms with Gasteiger partial charge in [0, 0.05) is 11.1 Å². The normalized spacial score (nSPS) is 15.9. The van der Waals surface area contributed by atoms with Crippen molar-refractivity contribution in [2.24, 2.45) is 4.99 Å². The molecular formula is C23H23NO. The fourth-order valence-electron chi connectivity index (χ4n) is 3.60. The Morgan fingerprint density at radius 2 is 1.64 bits per heavy atom. The average Bonchev–Trinajstić information content (AvgIpc) is 2.92. The Kier molecular flexibility index (Phi) is 3.64. The van der Waals surface area contributed by atoms with E-state index in [1.54, 1.807) is 0 Å². The number of ether oxygens (including phenoxy) is 1. The minimum Gasteiger partial charge on any atom is -0.475 e. The summed E-state index contributed by atoms with van der Waals surface area (Å²) in [5.41, 5.74) is 5.88. The maximum absolute atomic E-state index is 5.98. The van der Waals surface area contributed by atoms with Crippen LogP contribution in [0, 0.1) is 13.8 Å². The third-order valence-electron chi connectivity index (χ3n) is 4.64. The number of fused-ring (bicyclic) bond motifs is 1. The minimum atomic E-state index is -0.166. The molecule has 0 amide bonds. The van der Waals surface area contributed by atoms with E-state index in [1.165, 1.54) is 33.0 Å². The van der Waals surface area contributed by atoms with Crippen molar-refractivity contribution in [1.82, 2.24) is 0 Å². The fraction of sp³-hybridized carbons (Fsp3) is 0.261. The Labute approximate surface area is 149 Å². The van der Waals surface area contributed by atoms with Crippen LogP contribution in [0.25, 0.3) is 21.9 Å². The zero-order valence-electron chi connectivity index (χ0n) is 15.3. The number of aliphatic imine (C=N–C) groups is 1. The molecule has 3 aromatic carbocycles. The van der Waals surface area contributed by atoms with Crippen LogP contribution in [-0.4, -0.2) is 18.0 Å². The Bertz CT molecular complexity index is 978. The van der Waals surface area contributed by atoms with Gasteiger partial charge in [-0.05, 0) is 50.1 Å². The van der Waals surface area contributed by atoms with Gasteiger partial charge in [0.25, 0.3) is 0 Å². The Morgan fingerprint density at radius 3 is 2.32 bits per heavy atom. The van der Waals surface area contributed by atoms with Gasteiger partial charge in [0.2, 0.25) is 5.90 Å². The lowest BCUT2D eigenvalue weighted by Gasteiger charge is -2.14. The highest BCUT2D eigenvalue weighted by Gasteiger charge is 2.29. The van der Waals surface area contributed by atoms with Gasteiger partial charge in [-0.3, -0.25) is 0 Å². The summed E-state index contributed by atoms with van der Waals surface area (Å²) in [6.45, 7) is 9.14. The van der Waals surface area contributed by atoms with E-state index in [0.29, 0.717) is 6.61 Å². The van der Waals surface area contributed by atoms with Gasteiger partial charge < -0.3 is 4.74 Å². The van der Waals surface area contributed by atoms with E-state index in [4.69, 9.17) is 9.73 Å². The number of hydrogen-bond donors (Lipinski definition) is 0. The molecular weight excluding hydrogens is 306 g/mol. The number of nitrogens with zero attached hydrogens (tertiary/aromatic N) is 1. The van der Waals surface area contributed by atoms with Gasteiger partial charge in [-0.25, -0.2) is 4.99 Å². The van der Waals surface area contributed by atoms with Crippen LogP contribution < -0.4 is 0 Å². The topological polar surface area (TPSA) is 21.6 Å². The van der Waals surface area contributed by atoms with Crippen LogP contribution >= 0.6 is 0 Å². The lowest BCUT2D eigenvalue weighted by molar-refractivity contribution is 0.279. The second-order valence-corrected chi connectivity index (χ2v) is 7.60. The summed E-state index contributed by atoms with van der Waals surface area (Å²) in [6, 6.07) is 19.5. The Hall–Kier alpha value is -2.61. The molecule has 1 aliphatic rings. The van der Waals surface area contributed by atoms with E-state index in [1.807, 2.05) is 0 Å². The van der Waals surface area contributed by atoms with Gasteiger partial charge in [0.05, 0.1) is 5.54 Å². The summed E-state index contributed by atoms with van der Waals surface area (Å²) in [7, 11) is 0. The van der Waals surface area contributed by atoms with E-state index < -0.39 is 0 Å². The van der Waals surface area contributed by atoms with Crippen molar-refractivity contribution in [2.45, 2.75) is 33.2 Å². The molecule has 2 nitrogen and oxygen atoms in total. The van der Waals surface area contributed by atoms with E-state index >= 15 is 0 Å². The summed E-state index contributed by atoms with van der Waals surface area (Å²) in [5, 5.41) is 2.47. The predicted octanol–water partition coefficient (Wildman–Crippen LogP) is 5.68. The smallest absolute Gasteiger partial charge is 0.217 e. The molecule has 0 radical (unpaired) electrons. The van der Waals surface area contributed by atoms with Gasteiger partial charge in [0.15, 0.2) is 0 Å². The van der Waals surface area contributed by atoms with Crippen LogP contribution in [-0.2, 0) is 4.74 Å². The molecule has 3 aromatic rings. The zero-order valence-corrected chi connectivity index (χ0v) is 15.3. The molecule has 1 heterocycles. The summed E-state index contributed by atoms with van der Waals surface area (Å²) in [5.74, 6) is 0.755. The molecule has 0 atom stereocenters. The maximum Gasteiger partial charge on any atom is 0.217 e. The van der Waals surface area contributed by atoms with E-state index in [9.17, 15) is 0 Å². The van der Waals surface area contributed by atoms with Crippen molar-refractivity contribution >= 4 is 16.7 Å². The molecule has 0 bridgehead atoms. The van der Waals surface area contributed by atoms with Gasteiger partial charge in [-0.1, -0.05) is 59.7 Å². The third kappa shape index (κ3) is 2.93. The Morgan fingerprint density at radius 1 is 0.920 bits per heavy atom. The molecule has 25 heavy (non-hydrogen) atoms. The van der Waals surface area contributed by atoms with E-state index in [0.717, 1.165) is 11.5 Å². The number of benzene rings is 3. The van der Waals surface area contributed by atoms with Crippen LogP contribution in [0.3, 0.4) is 0 Å². The SMILES string of the molecule is Cc1cc(C)cc(-c2c(C3=NC(C)(C)CO3)ccc3ccccc23)c1. The molecule has 0 spiro atoms. The number of hydrogen-bond acceptors (Lipinski definition) is 2. The first-order valence-corrected chi connectivity index (χ1v) is 8.76. The first-order valence-electron chi connectivity index (χ1n) is 8.76. The van der Waals surface area contributed by atoms with Gasteiger partial charge >= 0.3 is 0 Å². The number of rotatable bonds is 2. The predicted molar refractivity (Wildman–Crippen MR) is 105 cm³/mol. The highest BCUT2D eigenvalue weighted by atomic mass is 16.5. The molecule has 0 unspecified atom stereocenters. The minimum absolute atomic E-state index is 0.166. The molecule has 0 aliphatic carbocycles. The van der Waals surface area contributed by atoms with E-state index in [-0.39, 0.29) is 5.54 Å². The first kappa shape index (κ1) is 15.9. The van der Waals surface area contributed by atoms with Gasteiger partial charge in [-0.2, -0.15) is 0 Å². The maximum atomic E-state index is 5.98. The van der Waals surface area contributed by atoms with Crippen molar-refractivity contribution in [1.29, 1.82) is 0 Å². The third-order valence-corrected chi connectivity index (χ3v) is 4.64. The largest absolute Gasteiger partial charge is 0.475 e. The van der Waals surface area contributed by atoms with Crippen LogP contribution in [0.5, 0.6) is 0 Å². The van der Waals surface area contributed by atoms with Gasteiger partial charge in [-0.15, -0.1) is 0 Å². The molecule has 0 fully saturated rings. The summed E-state index contributed by atoms with van der Waals surface area (Å²) >= 11 is 0. The summed E-state index contributed by atoms with van der Waals surface area (Å²) < 4.78 is 5.98. The van der Waals surface area contributed by atoms with Crippen molar-refractivity contribution in [3.63, 3.8) is 0 Å². The molecule has 0 saturated carbocycles. The average molecular weight is 329 g/mol. The van der Waals surface area contributed by atoms with Crippen LogP contribution in [0.1, 0.15) is 30.5 Å². The second kappa shape index (κ2) is 5.73. The quantitative estimate of drug-likeness (QED) is 0.593. The molecule has 4 rings (SSSR count). The fourth-order valence-corrected chi connectivity index (χ4v) is 3.60. The lowest BCUT2D eigenvalue weighted by Crippen LogP contribution is -2.17. The van der Waals surface area contributed by atoms with Crippen LogP contribution in [0.2, 0.25) is 0 Å². The highest BCUT2D eigenvalue weighted by molar-refractivity contribution is 6.10. The Balaban J connectivity index is 2.04. The second-order valence-electron chi connectivity index (χ2n) is 7.60. The van der Waals surface area contributed by atoms with Crippen molar-refractivity contribution in [3.8, 4) is 11.1 Å². The monoisotopic (exact) mass is 329 g/mol.